The SMILES string of the molecule is CCCCCP(CCCCC)CCCCC.[Pd]. The summed E-state index contributed by atoms with van der Waals surface area (Å²) in [5.74, 6) is 0. The van der Waals surface area contributed by atoms with Gasteiger partial charge in [-0.2, -0.15) is 0 Å². The molecule has 0 amide bonds. The predicted molar refractivity (Wildman–Crippen MR) is 80.1 cm³/mol. The van der Waals surface area contributed by atoms with Gasteiger partial charge in [0.15, 0.2) is 0 Å². The van der Waals surface area contributed by atoms with Gasteiger partial charge in [-0.15, -0.1) is 7.92 Å². The summed E-state index contributed by atoms with van der Waals surface area (Å²) in [4.78, 5) is 0. The molecule has 0 aromatic rings. The van der Waals surface area contributed by atoms with Crippen molar-refractivity contribution in [3.05, 3.63) is 0 Å². The molecular weight excluding hydrogens is 318 g/mol. The molecule has 0 saturated heterocycles. The van der Waals surface area contributed by atoms with Crippen molar-refractivity contribution in [2.45, 2.75) is 78.6 Å². The second-order valence-corrected chi connectivity index (χ2v) is 7.65. The third-order valence-corrected chi connectivity index (χ3v) is 6.08. The van der Waals surface area contributed by atoms with Crippen LogP contribution < -0.4 is 0 Å². The number of unbranched alkanes of at least 4 members (excludes halogenated alkanes) is 6. The molecule has 0 aromatic heterocycles. The maximum absolute atomic E-state index is 2.32. The summed E-state index contributed by atoms with van der Waals surface area (Å²) in [7, 11) is 0.405. The van der Waals surface area contributed by atoms with Crippen LogP contribution in [0.15, 0.2) is 0 Å². The average molecular weight is 351 g/mol. The molecule has 108 valence electrons. The summed E-state index contributed by atoms with van der Waals surface area (Å²) in [5.41, 5.74) is 0. The van der Waals surface area contributed by atoms with Crippen LogP contribution in [0.4, 0.5) is 0 Å². The zero-order chi connectivity index (χ0) is 12.1. The topological polar surface area (TPSA) is 0 Å². The standard InChI is InChI=1S/C15H33P.Pd/c1-4-7-10-13-16(14-11-8-5-2)15-12-9-6-3;/h4-15H2,1-3H3;. The minimum atomic E-state index is 0. The van der Waals surface area contributed by atoms with Gasteiger partial charge in [-0.1, -0.05) is 59.3 Å². The monoisotopic (exact) mass is 350 g/mol. The van der Waals surface area contributed by atoms with Crippen molar-refractivity contribution in [1.29, 1.82) is 0 Å². The van der Waals surface area contributed by atoms with E-state index in [2.05, 4.69) is 20.8 Å². The average Bonchev–Trinajstić information content (AvgIpc) is 2.29. The summed E-state index contributed by atoms with van der Waals surface area (Å²) in [6.45, 7) is 6.95. The van der Waals surface area contributed by atoms with Crippen molar-refractivity contribution < 1.29 is 20.4 Å². The third-order valence-electron chi connectivity index (χ3n) is 3.23. The summed E-state index contributed by atoms with van der Waals surface area (Å²) in [5, 5.41) is 0. The molecule has 0 spiro atoms. The van der Waals surface area contributed by atoms with Crippen LogP contribution in [-0.2, 0) is 20.4 Å². The number of hydrogen-bond donors (Lipinski definition) is 0. The van der Waals surface area contributed by atoms with Gasteiger partial charge in [0.05, 0.1) is 0 Å². The Morgan fingerprint density at radius 1 is 0.529 bits per heavy atom. The van der Waals surface area contributed by atoms with Gasteiger partial charge in [-0.05, 0) is 37.7 Å². The fraction of sp³-hybridized carbons (Fsp3) is 1.00. The van der Waals surface area contributed by atoms with Crippen molar-refractivity contribution >= 4 is 7.92 Å². The van der Waals surface area contributed by atoms with Crippen LogP contribution in [0, 0.1) is 0 Å². The van der Waals surface area contributed by atoms with Gasteiger partial charge in [-0.3, -0.25) is 0 Å². The Balaban J connectivity index is 0. The molecule has 0 radical (unpaired) electrons. The zero-order valence-corrected chi connectivity index (χ0v) is 14.7. The fourth-order valence-electron chi connectivity index (χ4n) is 2.09. The maximum Gasteiger partial charge on any atom is 0 e. The molecular formula is C15H33PPd. The Morgan fingerprint density at radius 2 is 0.824 bits per heavy atom. The summed E-state index contributed by atoms with van der Waals surface area (Å²) >= 11 is 0. The van der Waals surface area contributed by atoms with Gasteiger partial charge in [0.25, 0.3) is 0 Å². The van der Waals surface area contributed by atoms with Crippen molar-refractivity contribution in [2.24, 2.45) is 0 Å². The molecule has 0 heterocycles. The van der Waals surface area contributed by atoms with Crippen LogP contribution in [0.25, 0.3) is 0 Å². The molecule has 0 nitrogen and oxygen atoms in total. The Kier molecular flexibility index (Phi) is 20.5. The second-order valence-electron chi connectivity index (χ2n) is 4.96. The first-order chi connectivity index (χ1) is 7.85. The summed E-state index contributed by atoms with van der Waals surface area (Å²) in [6, 6.07) is 0. The first kappa shape index (κ1) is 20.4. The van der Waals surface area contributed by atoms with Gasteiger partial charge in [0.2, 0.25) is 0 Å². The predicted octanol–water partition coefficient (Wildman–Crippen LogP) is 6.04. The van der Waals surface area contributed by atoms with E-state index in [0.717, 1.165) is 0 Å². The Hall–Kier alpha value is 1.09. The van der Waals surface area contributed by atoms with Crippen LogP contribution in [0.1, 0.15) is 78.6 Å². The van der Waals surface area contributed by atoms with E-state index in [1.165, 1.54) is 57.8 Å². The largest absolute Gasteiger partial charge is 0.107 e. The fourth-order valence-corrected chi connectivity index (χ4v) is 4.77. The second kappa shape index (κ2) is 17.1. The van der Waals surface area contributed by atoms with Crippen LogP contribution in [0.3, 0.4) is 0 Å². The van der Waals surface area contributed by atoms with Gasteiger partial charge in [0, 0.05) is 20.4 Å². The molecule has 0 aliphatic heterocycles. The summed E-state index contributed by atoms with van der Waals surface area (Å²) < 4.78 is 0. The molecule has 0 fully saturated rings. The van der Waals surface area contributed by atoms with Crippen LogP contribution in [0.2, 0.25) is 0 Å². The van der Waals surface area contributed by atoms with Crippen LogP contribution in [0.5, 0.6) is 0 Å². The van der Waals surface area contributed by atoms with Crippen LogP contribution >= 0.6 is 7.92 Å². The van der Waals surface area contributed by atoms with Gasteiger partial charge in [-0.25, -0.2) is 0 Å². The zero-order valence-electron chi connectivity index (χ0n) is 12.2. The quantitative estimate of drug-likeness (QED) is 0.229. The van der Waals surface area contributed by atoms with E-state index < -0.39 is 0 Å². The van der Waals surface area contributed by atoms with Crippen molar-refractivity contribution in [3.63, 3.8) is 0 Å². The molecule has 17 heavy (non-hydrogen) atoms. The normalized spacial score (nSPS) is 10.6. The number of rotatable bonds is 12. The van der Waals surface area contributed by atoms with E-state index in [9.17, 15) is 0 Å². The van der Waals surface area contributed by atoms with Crippen molar-refractivity contribution in [3.8, 4) is 0 Å². The third kappa shape index (κ3) is 15.0. The van der Waals surface area contributed by atoms with Gasteiger partial charge >= 0.3 is 0 Å². The smallest absolute Gasteiger partial charge is 0 e. The molecule has 0 unspecified atom stereocenters. The molecule has 0 atom stereocenters. The molecule has 0 aromatic carbocycles. The minimum absolute atomic E-state index is 0. The first-order valence-corrected chi connectivity index (χ1v) is 9.47. The van der Waals surface area contributed by atoms with Crippen LogP contribution in [-0.4, -0.2) is 18.5 Å². The Morgan fingerprint density at radius 3 is 1.06 bits per heavy atom. The molecule has 0 rings (SSSR count). The molecule has 0 N–H and O–H groups in total. The van der Waals surface area contributed by atoms with Gasteiger partial charge < -0.3 is 0 Å². The molecule has 0 saturated carbocycles. The van der Waals surface area contributed by atoms with Crippen molar-refractivity contribution in [1.82, 2.24) is 0 Å². The van der Waals surface area contributed by atoms with E-state index in [1.807, 2.05) is 0 Å². The van der Waals surface area contributed by atoms with Crippen molar-refractivity contribution in [2.75, 3.05) is 18.5 Å². The minimum Gasteiger partial charge on any atom is -0.107 e. The Labute approximate surface area is 125 Å². The van der Waals surface area contributed by atoms with E-state index in [-0.39, 0.29) is 20.4 Å². The van der Waals surface area contributed by atoms with E-state index in [0.29, 0.717) is 7.92 Å². The molecule has 0 bridgehead atoms. The molecule has 2 heteroatoms. The van der Waals surface area contributed by atoms with E-state index >= 15 is 0 Å². The van der Waals surface area contributed by atoms with E-state index in [4.69, 9.17) is 0 Å². The summed E-state index contributed by atoms with van der Waals surface area (Å²) in [6.07, 6.45) is 17.7. The maximum atomic E-state index is 2.32. The molecule has 0 aliphatic carbocycles. The molecule has 0 aliphatic rings. The Bertz CT molecular complexity index is 104. The van der Waals surface area contributed by atoms with Gasteiger partial charge in [0.1, 0.15) is 0 Å². The van der Waals surface area contributed by atoms with E-state index in [1.54, 1.807) is 18.5 Å². The first-order valence-electron chi connectivity index (χ1n) is 7.57. The number of hydrogen-bond acceptors (Lipinski definition) is 0.